The second-order valence-corrected chi connectivity index (χ2v) is 4.08. The van der Waals surface area contributed by atoms with Gasteiger partial charge in [-0.1, -0.05) is 0 Å². The molecule has 0 aliphatic rings. The van der Waals surface area contributed by atoms with E-state index in [1.54, 1.807) is 12.4 Å². The normalized spacial score (nSPS) is 11.1. The lowest BCUT2D eigenvalue weighted by Gasteiger charge is -2.02. The molecule has 0 unspecified atom stereocenters. The van der Waals surface area contributed by atoms with Crippen LogP contribution in [0.15, 0.2) is 36.8 Å². The first-order valence-corrected chi connectivity index (χ1v) is 5.67. The maximum absolute atomic E-state index is 10.6. The number of nitrogens with zero attached hydrogens (tertiary/aromatic N) is 3. The van der Waals surface area contributed by atoms with Crippen LogP contribution in [0.1, 0.15) is 12.2 Å². The molecule has 5 nitrogen and oxygen atoms in total. The Balaban J connectivity index is 2.14. The molecule has 3 heterocycles. The molecule has 0 fully saturated rings. The number of hydrogen-bond acceptors (Lipinski definition) is 3. The molecule has 0 bridgehead atoms. The standard InChI is InChI=1S/C13H11N3O2/c17-13(18)4-3-12-15-8-11-9-2-1-6-14-10(9)5-7-16(11)12/h1-2,5-8H,3-4H2,(H,17,18). The molecule has 0 radical (unpaired) electrons. The summed E-state index contributed by atoms with van der Waals surface area (Å²) in [6.45, 7) is 0. The molecule has 0 saturated carbocycles. The first-order valence-electron chi connectivity index (χ1n) is 5.67. The fourth-order valence-electron chi connectivity index (χ4n) is 2.08. The van der Waals surface area contributed by atoms with Gasteiger partial charge in [0.05, 0.1) is 23.7 Å². The second-order valence-electron chi connectivity index (χ2n) is 4.08. The zero-order valence-electron chi connectivity index (χ0n) is 9.58. The summed E-state index contributed by atoms with van der Waals surface area (Å²) in [5.74, 6) is -0.0487. The van der Waals surface area contributed by atoms with E-state index in [-0.39, 0.29) is 6.42 Å². The molecule has 90 valence electrons. The summed E-state index contributed by atoms with van der Waals surface area (Å²) in [7, 11) is 0. The van der Waals surface area contributed by atoms with Crippen molar-refractivity contribution >= 4 is 22.4 Å². The first kappa shape index (κ1) is 10.7. The molecule has 3 aromatic rings. The molecule has 0 amide bonds. The SMILES string of the molecule is O=C(O)CCc1ncc2c3cccnc3ccn12. The van der Waals surface area contributed by atoms with Gasteiger partial charge in [-0.05, 0) is 18.2 Å². The molecule has 3 aromatic heterocycles. The van der Waals surface area contributed by atoms with Crippen LogP contribution in [0, 0.1) is 0 Å². The molecule has 5 heteroatoms. The van der Waals surface area contributed by atoms with Gasteiger partial charge >= 0.3 is 5.97 Å². The van der Waals surface area contributed by atoms with E-state index < -0.39 is 5.97 Å². The van der Waals surface area contributed by atoms with Crippen molar-refractivity contribution in [1.82, 2.24) is 14.4 Å². The maximum Gasteiger partial charge on any atom is 0.303 e. The summed E-state index contributed by atoms with van der Waals surface area (Å²) < 4.78 is 1.92. The van der Waals surface area contributed by atoms with Gasteiger partial charge in [0.15, 0.2) is 0 Å². The third-order valence-electron chi connectivity index (χ3n) is 2.93. The predicted octanol–water partition coefficient (Wildman–Crippen LogP) is 1.90. The molecule has 0 saturated heterocycles. The van der Waals surface area contributed by atoms with Gasteiger partial charge in [0.1, 0.15) is 5.82 Å². The first-order chi connectivity index (χ1) is 8.75. The Morgan fingerprint density at radius 2 is 2.22 bits per heavy atom. The molecule has 0 atom stereocenters. The van der Waals surface area contributed by atoms with Gasteiger partial charge in [-0.2, -0.15) is 0 Å². The number of aliphatic carboxylic acids is 1. The quantitative estimate of drug-likeness (QED) is 0.760. The van der Waals surface area contributed by atoms with Crippen LogP contribution < -0.4 is 0 Å². The van der Waals surface area contributed by atoms with Crippen molar-refractivity contribution in [2.75, 3.05) is 0 Å². The zero-order valence-corrected chi connectivity index (χ0v) is 9.58. The van der Waals surface area contributed by atoms with Crippen molar-refractivity contribution in [1.29, 1.82) is 0 Å². The van der Waals surface area contributed by atoms with Gasteiger partial charge in [-0.15, -0.1) is 0 Å². The number of aryl methyl sites for hydroxylation is 1. The number of pyridine rings is 2. The number of imidazole rings is 1. The van der Waals surface area contributed by atoms with E-state index in [9.17, 15) is 4.79 Å². The Labute approximate surface area is 103 Å². The van der Waals surface area contributed by atoms with Crippen LogP contribution in [0.5, 0.6) is 0 Å². The average molecular weight is 241 g/mol. The van der Waals surface area contributed by atoms with Crippen molar-refractivity contribution < 1.29 is 9.90 Å². The van der Waals surface area contributed by atoms with Gasteiger partial charge in [-0.3, -0.25) is 9.78 Å². The maximum atomic E-state index is 10.6. The van der Waals surface area contributed by atoms with Crippen LogP contribution in [-0.2, 0) is 11.2 Å². The predicted molar refractivity (Wildman–Crippen MR) is 66.4 cm³/mol. The minimum absolute atomic E-state index is 0.0875. The average Bonchev–Trinajstić information content (AvgIpc) is 2.80. The highest BCUT2D eigenvalue weighted by atomic mass is 16.4. The van der Waals surface area contributed by atoms with E-state index in [4.69, 9.17) is 5.11 Å². The lowest BCUT2D eigenvalue weighted by atomic mass is 10.2. The van der Waals surface area contributed by atoms with Gasteiger partial charge in [0.2, 0.25) is 0 Å². The van der Waals surface area contributed by atoms with Crippen molar-refractivity contribution in [3.05, 3.63) is 42.6 Å². The fraction of sp³-hybridized carbons (Fsp3) is 0.154. The molecule has 0 aromatic carbocycles. The number of carboxylic acids is 1. The molecule has 0 spiro atoms. The van der Waals surface area contributed by atoms with Crippen LogP contribution >= 0.6 is 0 Å². The van der Waals surface area contributed by atoms with Crippen molar-refractivity contribution in [2.45, 2.75) is 12.8 Å². The summed E-state index contributed by atoms with van der Waals surface area (Å²) in [6.07, 6.45) is 5.91. The van der Waals surface area contributed by atoms with Crippen LogP contribution in [-0.4, -0.2) is 25.4 Å². The Morgan fingerprint density at radius 3 is 3.06 bits per heavy atom. The number of carbonyl (C=O) groups is 1. The smallest absolute Gasteiger partial charge is 0.303 e. The third-order valence-corrected chi connectivity index (χ3v) is 2.93. The largest absolute Gasteiger partial charge is 0.481 e. The van der Waals surface area contributed by atoms with Crippen LogP contribution in [0.4, 0.5) is 0 Å². The van der Waals surface area contributed by atoms with E-state index in [0.29, 0.717) is 6.42 Å². The zero-order chi connectivity index (χ0) is 12.5. The minimum Gasteiger partial charge on any atom is -0.481 e. The highest BCUT2D eigenvalue weighted by molar-refractivity contribution is 5.93. The number of fused-ring (bicyclic) bond motifs is 3. The molecule has 0 aliphatic heterocycles. The summed E-state index contributed by atoms with van der Waals surface area (Å²) in [6, 6.07) is 5.78. The van der Waals surface area contributed by atoms with E-state index in [2.05, 4.69) is 9.97 Å². The highest BCUT2D eigenvalue weighted by Crippen LogP contribution is 2.19. The van der Waals surface area contributed by atoms with E-state index in [1.807, 2.05) is 28.8 Å². The summed E-state index contributed by atoms with van der Waals surface area (Å²) in [5, 5.41) is 9.73. The second kappa shape index (κ2) is 4.10. The van der Waals surface area contributed by atoms with Crippen molar-refractivity contribution in [3.8, 4) is 0 Å². The monoisotopic (exact) mass is 241 g/mol. The topological polar surface area (TPSA) is 67.5 Å². The number of rotatable bonds is 3. The van der Waals surface area contributed by atoms with Crippen LogP contribution in [0.2, 0.25) is 0 Å². The Kier molecular flexibility index (Phi) is 2.44. The highest BCUT2D eigenvalue weighted by Gasteiger charge is 2.08. The van der Waals surface area contributed by atoms with Gasteiger partial charge < -0.3 is 9.51 Å². The Morgan fingerprint density at radius 1 is 1.33 bits per heavy atom. The summed E-state index contributed by atoms with van der Waals surface area (Å²) >= 11 is 0. The van der Waals surface area contributed by atoms with E-state index >= 15 is 0 Å². The summed E-state index contributed by atoms with van der Waals surface area (Å²) in [4.78, 5) is 19.2. The third kappa shape index (κ3) is 1.69. The molecule has 3 rings (SSSR count). The lowest BCUT2D eigenvalue weighted by Crippen LogP contribution is -2.01. The molecule has 1 N–H and O–H groups in total. The number of aromatic nitrogens is 3. The molecular weight excluding hydrogens is 230 g/mol. The van der Waals surface area contributed by atoms with E-state index in [0.717, 1.165) is 22.2 Å². The minimum atomic E-state index is -0.811. The number of carboxylic acid groups (broad SMARTS) is 1. The molecule has 18 heavy (non-hydrogen) atoms. The Bertz CT molecular complexity index is 733. The fourth-order valence-corrected chi connectivity index (χ4v) is 2.08. The lowest BCUT2D eigenvalue weighted by molar-refractivity contribution is -0.137. The Hall–Kier alpha value is -2.43. The van der Waals surface area contributed by atoms with Crippen LogP contribution in [0.25, 0.3) is 16.4 Å². The molecular formula is C13H11N3O2. The summed E-state index contributed by atoms with van der Waals surface area (Å²) in [5.41, 5.74) is 1.87. The van der Waals surface area contributed by atoms with Crippen molar-refractivity contribution in [2.24, 2.45) is 0 Å². The number of hydrogen-bond donors (Lipinski definition) is 1. The molecule has 0 aliphatic carbocycles. The van der Waals surface area contributed by atoms with Gasteiger partial charge in [0.25, 0.3) is 0 Å². The van der Waals surface area contributed by atoms with Crippen molar-refractivity contribution in [3.63, 3.8) is 0 Å². The van der Waals surface area contributed by atoms with Gasteiger partial charge in [-0.25, -0.2) is 4.98 Å². The van der Waals surface area contributed by atoms with E-state index in [1.165, 1.54) is 0 Å². The van der Waals surface area contributed by atoms with Gasteiger partial charge in [0, 0.05) is 24.2 Å². The van der Waals surface area contributed by atoms with Crippen LogP contribution in [0.3, 0.4) is 0 Å².